The predicted molar refractivity (Wildman–Crippen MR) is 182 cm³/mol. The molecular weight excluding hydrogens is 592 g/mol. The van der Waals surface area contributed by atoms with Gasteiger partial charge in [-0.1, -0.05) is 134 Å². The fraction of sp³-hybridized carbons (Fsp3) is 0.889. The summed E-state index contributed by atoms with van der Waals surface area (Å²) in [5.41, 5.74) is 0. The summed E-state index contributed by atoms with van der Waals surface area (Å²) in [6.45, 7) is 4.49. The summed E-state index contributed by atoms with van der Waals surface area (Å²) in [5.74, 6) is -1.37. The highest BCUT2D eigenvalue weighted by atomic mass is 17.4. The van der Waals surface area contributed by atoms with Gasteiger partial charge in [-0.05, 0) is 51.4 Å². The number of ether oxygens (including phenoxy) is 1. The molecule has 274 valence electrons. The van der Waals surface area contributed by atoms with Gasteiger partial charge in [-0.15, -0.1) is 0 Å². The number of carbonyl (C=O) groups is 2. The van der Waals surface area contributed by atoms with Crippen LogP contribution in [0.3, 0.4) is 0 Å². The van der Waals surface area contributed by atoms with E-state index in [0.717, 1.165) is 64.2 Å². The molecule has 0 saturated carbocycles. The van der Waals surface area contributed by atoms with E-state index in [9.17, 15) is 9.59 Å². The molecule has 1 heterocycles. The van der Waals surface area contributed by atoms with Crippen molar-refractivity contribution >= 4 is 11.9 Å². The Balaban J connectivity index is 0. The third-order valence-electron chi connectivity index (χ3n) is 7.85. The first-order chi connectivity index (χ1) is 22.4. The van der Waals surface area contributed by atoms with Crippen LogP contribution in [0.5, 0.6) is 0 Å². The van der Waals surface area contributed by atoms with Crippen molar-refractivity contribution in [2.45, 2.75) is 206 Å². The Bertz CT molecular complexity index is 659. The summed E-state index contributed by atoms with van der Waals surface area (Å²) in [6, 6.07) is 0. The van der Waals surface area contributed by atoms with Gasteiger partial charge < -0.3 is 14.9 Å². The average Bonchev–Trinajstić information content (AvgIpc) is 3.48. The lowest BCUT2D eigenvalue weighted by molar-refractivity contribution is -0.465. The summed E-state index contributed by atoms with van der Waals surface area (Å²) >= 11 is 0. The second-order valence-electron chi connectivity index (χ2n) is 12.3. The molecule has 1 saturated heterocycles. The molecule has 1 aliphatic rings. The molecule has 0 aromatic rings. The lowest BCUT2D eigenvalue weighted by Gasteiger charge is -2.08. The van der Waals surface area contributed by atoms with E-state index in [1.165, 1.54) is 103 Å². The van der Waals surface area contributed by atoms with Crippen LogP contribution in [-0.2, 0) is 29.1 Å². The minimum Gasteiger partial charge on any atom is -0.481 e. The van der Waals surface area contributed by atoms with Crippen molar-refractivity contribution in [3.05, 3.63) is 12.2 Å². The SMILES string of the molecule is CCCCCCCC/C=C\CCCCCCCC(=O)O.CCCCCCCCC1OOC(CCCCCCCC(=O)O)O1.OOO. The van der Waals surface area contributed by atoms with Crippen molar-refractivity contribution in [2.24, 2.45) is 0 Å². The molecule has 0 amide bonds. The minimum atomic E-state index is -0.702. The van der Waals surface area contributed by atoms with Crippen molar-refractivity contribution in [1.29, 1.82) is 0 Å². The number of unbranched alkanes of at least 4 members (excludes halogenated alkanes) is 20. The van der Waals surface area contributed by atoms with Gasteiger partial charge in [0.1, 0.15) is 0 Å². The molecule has 0 aromatic heterocycles. The second-order valence-corrected chi connectivity index (χ2v) is 12.3. The Morgan fingerprint density at radius 2 is 0.826 bits per heavy atom. The number of carboxylic acids is 2. The fourth-order valence-corrected chi connectivity index (χ4v) is 5.13. The highest BCUT2D eigenvalue weighted by Crippen LogP contribution is 2.23. The van der Waals surface area contributed by atoms with Crippen LogP contribution < -0.4 is 0 Å². The van der Waals surface area contributed by atoms with Crippen molar-refractivity contribution in [3.8, 4) is 0 Å². The van der Waals surface area contributed by atoms with Gasteiger partial charge in [0.15, 0.2) is 12.6 Å². The molecule has 0 bridgehead atoms. The first-order valence-electron chi connectivity index (χ1n) is 18.4. The normalized spacial score (nSPS) is 15.7. The summed E-state index contributed by atoms with van der Waals surface area (Å²) in [7, 11) is 0. The van der Waals surface area contributed by atoms with E-state index in [1.807, 2.05) is 0 Å². The maximum atomic E-state index is 10.4. The third kappa shape index (κ3) is 40.5. The fourth-order valence-electron chi connectivity index (χ4n) is 5.13. The quantitative estimate of drug-likeness (QED) is 0.0253. The van der Waals surface area contributed by atoms with Gasteiger partial charge >= 0.3 is 11.9 Å². The lowest BCUT2D eigenvalue weighted by atomic mass is 10.1. The van der Waals surface area contributed by atoms with Gasteiger partial charge in [-0.25, -0.2) is 20.3 Å². The van der Waals surface area contributed by atoms with Crippen LogP contribution in [0.4, 0.5) is 0 Å². The molecule has 2 unspecified atom stereocenters. The molecule has 10 heteroatoms. The molecule has 0 radical (unpaired) electrons. The van der Waals surface area contributed by atoms with E-state index in [2.05, 4.69) is 31.0 Å². The van der Waals surface area contributed by atoms with Gasteiger partial charge in [0.2, 0.25) is 0 Å². The predicted octanol–water partition coefficient (Wildman–Crippen LogP) is 11.2. The molecule has 0 aromatic carbocycles. The van der Waals surface area contributed by atoms with Gasteiger partial charge in [-0.3, -0.25) is 9.59 Å². The van der Waals surface area contributed by atoms with Crippen LogP contribution in [0.25, 0.3) is 0 Å². The smallest absolute Gasteiger partial charge is 0.303 e. The maximum Gasteiger partial charge on any atom is 0.303 e. The van der Waals surface area contributed by atoms with Crippen molar-refractivity contribution in [2.75, 3.05) is 0 Å². The number of rotatable bonds is 30. The molecule has 2 atom stereocenters. The van der Waals surface area contributed by atoms with Crippen LogP contribution in [0.1, 0.15) is 194 Å². The second kappa shape index (κ2) is 39.6. The molecule has 4 N–H and O–H groups in total. The van der Waals surface area contributed by atoms with Crippen LogP contribution in [0.2, 0.25) is 0 Å². The van der Waals surface area contributed by atoms with Gasteiger partial charge in [0.25, 0.3) is 0 Å². The van der Waals surface area contributed by atoms with Crippen LogP contribution in [-0.4, -0.2) is 45.2 Å². The highest BCUT2D eigenvalue weighted by Gasteiger charge is 2.26. The summed E-state index contributed by atoms with van der Waals surface area (Å²) in [4.78, 5) is 31.2. The van der Waals surface area contributed by atoms with Crippen molar-refractivity contribution in [1.82, 2.24) is 0 Å². The number of hydrogen-bond donors (Lipinski definition) is 4. The largest absolute Gasteiger partial charge is 0.481 e. The summed E-state index contributed by atoms with van der Waals surface area (Å²) < 4.78 is 5.73. The molecule has 0 spiro atoms. The standard InChI is InChI=1S/C18H34O5.C18H34O2.H2O3/c1-2-3-4-5-8-11-14-17-21-18(23-22-17)15-12-9-6-7-10-13-16(19)20;1-2-3-4-5-6-7-8-9-10-11-12-13-14-15-16-17-18(19)20;1-3-2/h17-18H,2-15H2,1H3,(H,19,20);9-10H,2-8,11-17H2,1H3,(H,19,20);1-2H/b;10-9-;. The lowest BCUT2D eigenvalue weighted by Crippen LogP contribution is -2.11. The van der Waals surface area contributed by atoms with E-state index in [-0.39, 0.29) is 19.0 Å². The molecule has 1 aliphatic heterocycles. The summed E-state index contributed by atoms with van der Waals surface area (Å²) in [5, 5.41) is 32.6. The summed E-state index contributed by atoms with van der Waals surface area (Å²) in [6.07, 6.45) is 35.4. The van der Waals surface area contributed by atoms with Crippen LogP contribution in [0, 0.1) is 0 Å². The Kier molecular flexibility index (Phi) is 40.1. The van der Waals surface area contributed by atoms with Crippen molar-refractivity contribution < 1.29 is 49.9 Å². The van der Waals surface area contributed by atoms with Crippen LogP contribution in [0.15, 0.2) is 12.2 Å². The molecular formula is C36H70O10. The van der Waals surface area contributed by atoms with Gasteiger partial charge in [0, 0.05) is 25.7 Å². The van der Waals surface area contributed by atoms with E-state index in [1.54, 1.807) is 0 Å². The van der Waals surface area contributed by atoms with E-state index in [0.29, 0.717) is 6.42 Å². The Hall–Kier alpha value is -1.56. The van der Waals surface area contributed by atoms with E-state index >= 15 is 0 Å². The van der Waals surface area contributed by atoms with Crippen LogP contribution >= 0.6 is 0 Å². The zero-order chi connectivity index (χ0) is 34.4. The molecule has 46 heavy (non-hydrogen) atoms. The number of hydrogen-bond acceptors (Lipinski definition) is 8. The Morgan fingerprint density at radius 1 is 0.522 bits per heavy atom. The van der Waals surface area contributed by atoms with Gasteiger partial charge in [-0.2, -0.15) is 0 Å². The topological polar surface area (TPSA) is 152 Å². The zero-order valence-electron chi connectivity index (χ0n) is 29.3. The number of allylic oxidation sites excluding steroid dienone is 2. The Morgan fingerprint density at radius 3 is 1.17 bits per heavy atom. The first-order valence-corrected chi connectivity index (χ1v) is 18.4. The van der Waals surface area contributed by atoms with Gasteiger partial charge in [0.05, 0.1) is 0 Å². The Labute approximate surface area is 280 Å². The zero-order valence-corrected chi connectivity index (χ0v) is 29.3. The van der Waals surface area contributed by atoms with Crippen molar-refractivity contribution in [3.63, 3.8) is 0 Å². The molecule has 1 rings (SSSR count). The molecule has 1 fully saturated rings. The molecule has 0 aliphatic carbocycles. The third-order valence-corrected chi connectivity index (χ3v) is 7.85. The first kappa shape index (κ1) is 46.6. The molecule has 10 nitrogen and oxygen atoms in total. The minimum absolute atomic E-state index is 0.193. The highest BCUT2D eigenvalue weighted by molar-refractivity contribution is 5.66. The van der Waals surface area contributed by atoms with E-state index < -0.39 is 11.9 Å². The number of carboxylic acid groups (broad SMARTS) is 2. The van der Waals surface area contributed by atoms with E-state index in [4.69, 9.17) is 35.2 Å². The maximum absolute atomic E-state index is 10.4. The monoisotopic (exact) mass is 662 g/mol. The average molecular weight is 663 g/mol. The number of aliphatic carboxylic acids is 2.